The smallest absolute Gasteiger partial charge is 0.258 e. The number of benzene rings is 2. The van der Waals surface area contributed by atoms with Crippen molar-refractivity contribution in [2.24, 2.45) is 0 Å². The number of ether oxygens (including phenoxy) is 1. The molecule has 0 bridgehead atoms. The molecule has 27 heavy (non-hydrogen) atoms. The highest BCUT2D eigenvalue weighted by atomic mass is 35.5. The zero-order chi connectivity index (χ0) is 19.1. The van der Waals surface area contributed by atoms with Crippen LogP contribution in [0.15, 0.2) is 54.6 Å². The molecule has 3 rings (SSSR count). The van der Waals surface area contributed by atoms with Crippen LogP contribution in [0.2, 0.25) is 5.02 Å². The van der Waals surface area contributed by atoms with E-state index in [1.165, 1.54) is 0 Å². The van der Waals surface area contributed by atoms with E-state index < -0.39 is 0 Å². The molecule has 0 atom stereocenters. The molecular formula is C20H22ClN3O3. The molecule has 1 N–H and O–H groups in total. The SMILES string of the molecule is O=C(COc1ccccc1)NCC(=O)N1CCN(c2ccccc2Cl)CC1. The number of anilines is 1. The monoisotopic (exact) mass is 387 g/mol. The number of piperazine rings is 1. The van der Waals surface area contributed by atoms with Crippen molar-refractivity contribution in [1.82, 2.24) is 10.2 Å². The number of carbonyl (C=O) groups is 2. The summed E-state index contributed by atoms with van der Waals surface area (Å²) in [5.74, 6) is 0.207. The fourth-order valence-corrected chi connectivity index (χ4v) is 3.16. The van der Waals surface area contributed by atoms with Gasteiger partial charge in [0.25, 0.3) is 5.91 Å². The Balaban J connectivity index is 1.39. The first kappa shape index (κ1) is 19.0. The molecule has 2 aromatic rings. The molecule has 1 fully saturated rings. The lowest BCUT2D eigenvalue weighted by Gasteiger charge is -2.36. The molecule has 0 spiro atoms. The Morgan fingerprint density at radius 2 is 1.63 bits per heavy atom. The van der Waals surface area contributed by atoms with Crippen molar-refractivity contribution in [2.75, 3.05) is 44.2 Å². The highest BCUT2D eigenvalue weighted by Crippen LogP contribution is 2.25. The fourth-order valence-electron chi connectivity index (χ4n) is 2.91. The lowest BCUT2D eigenvalue weighted by atomic mass is 10.2. The van der Waals surface area contributed by atoms with Gasteiger partial charge in [-0.2, -0.15) is 0 Å². The van der Waals surface area contributed by atoms with Gasteiger partial charge in [-0.1, -0.05) is 41.9 Å². The minimum absolute atomic E-state index is 0.0247. The molecule has 2 aromatic carbocycles. The summed E-state index contributed by atoms with van der Waals surface area (Å²) in [6, 6.07) is 16.8. The first-order chi connectivity index (χ1) is 13.1. The van der Waals surface area contributed by atoms with Crippen LogP contribution in [-0.4, -0.2) is 56.0 Å². The second kappa shape index (κ2) is 9.28. The Morgan fingerprint density at radius 1 is 0.963 bits per heavy atom. The van der Waals surface area contributed by atoms with Crippen LogP contribution in [0, 0.1) is 0 Å². The van der Waals surface area contributed by atoms with Crippen molar-refractivity contribution in [2.45, 2.75) is 0 Å². The maximum Gasteiger partial charge on any atom is 0.258 e. The van der Waals surface area contributed by atoms with Crippen molar-refractivity contribution in [3.63, 3.8) is 0 Å². The van der Waals surface area contributed by atoms with Crippen LogP contribution < -0.4 is 15.0 Å². The minimum Gasteiger partial charge on any atom is -0.484 e. The van der Waals surface area contributed by atoms with Gasteiger partial charge >= 0.3 is 0 Å². The summed E-state index contributed by atoms with van der Waals surface area (Å²) in [5.41, 5.74) is 0.984. The van der Waals surface area contributed by atoms with Crippen LogP contribution >= 0.6 is 11.6 Å². The van der Waals surface area contributed by atoms with E-state index in [2.05, 4.69) is 10.2 Å². The van der Waals surface area contributed by atoms with Crippen LogP contribution in [0.5, 0.6) is 5.75 Å². The zero-order valence-corrected chi connectivity index (χ0v) is 15.7. The van der Waals surface area contributed by atoms with E-state index in [0.717, 1.165) is 5.69 Å². The van der Waals surface area contributed by atoms with Gasteiger partial charge in [0, 0.05) is 26.2 Å². The number of hydrogen-bond acceptors (Lipinski definition) is 4. The average molecular weight is 388 g/mol. The van der Waals surface area contributed by atoms with Gasteiger partial charge in [0.15, 0.2) is 6.61 Å². The van der Waals surface area contributed by atoms with Crippen molar-refractivity contribution < 1.29 is 14.3 Å². The Labute approximate surface area is 163 Å². The van der Waals surface area contributed by atoms with Gasteiger partial charge in [-0.25, -0.2) is 0 Å². The highest BCUT2D eigenvalue weighted by Gasteiger charge is 2.22. The van der Waals surface area contributed by atoms with Gasteiger partial charge in [0.1, 0.15) is 5.75 Å². The average Bonchev–Trinajstić information content (AvgIpc) is 2.72. The Hall–Kier alpha value is -2.73. The van der Waals surface area contributed by atoms with E-state index in [1.54, 1.807) is 17.0 Å². The van der Waals surface area contributed by atoms with Crippen LogP contribution in [0.1, 0.15) is 0 Å². The predicted octanol–water partition coefficient (Wildman–Crippen LogP) is 2.18. The molecule has 1 aliphatic heterocycles. The summed E-state index contributed by atoms with van der Waals surface area (Å²) in [6.45, 7) is 2.47. The maximum atomic E-state index is 12.3. The largest absolute Gasteiger partial charge is 0.484 e. The van der Waals surface area contributed by atoms with E-state index in [-0.39, 0.29) is 25.0 Å². The van der Waals surface area contributed by atoms with Gasteiger partial charge in [-0.05, 0) is 24.3 Å². The fraction of sp³-hybridized carbons (Fsp3) is 0.300. The highest BCUT2D eigenvalue weighted by molar-refractivity contribution is 6.33. The zero-order valence-electron chi connectivity index (χ0n) is 14.9. The Bertz CT molecular complexity index is 777. The number of nitrogens with zero attached hydrogens (tertiary/aromatic N) is 2. The quantitative estimate of drug-likeness (QED) is 0.825. The number of amides is 2. The minimum atomic E-state index is -0.318. The molecule has 0 aliphatic carbocycles. The maximum absolute atomic E-state index is 12.3. The molecule has 0 aromatic heterocycles. The number of para-hydroxylation sites is 2. The van der Waals surface area contributed by atoms with E-state index in [4.69, 9.17) is 16.3 Å². The first-order valence-corrected chi connectivity index (χ1v) is 9.23. The van der Waals surface area contributed by atoms with Gasteiger partial charge < -0.3 is 19.9 Å². The van der Waals surface area contributed by atoms with Crippen LogP contribution in [0.3, 0.4) is 0 Å². The summed E-state index contributed by atoms with van der Waals surface area (Å²) in [4.78, 5) is 28.1. The van der Waals surface area contributed by atoms with Crippen molar-refractivity contribution in [3.8, 4) is 5.75 Å². The summed E-state index contributed by atoms with van der Waals surface area (Å²) in [6.07, 6.45) is 0. The molecule has 1 heterocycles. The number of rotatable bonds is 6. The van der Waals surface area contributed by atoms with Crippen LogP contribution in [0.25, 0.3) is 0 Å². The van der Waals surface area contributed by atoms with Gasteiger partial charge in [-0.15, -0.1) is 0 Å². The number of nitrogens with one attached hydrogen (secondary N) is 1. The summed E-state index contributed by atoms with van der Waals surface area (Å²) in [5, 5.41) is 3.32. The van der Waals surface area contributed by atoms with Crippen molar-refractivity contribution in [3.05, 3.63) is 59.6 Å². The molecule has 142 valence electrons. The third-order valence-corrected chi connectivity index (χ3v) is 4.70. The van der Waals surface area contributed by atoms with Crippen LogP contribution in [0.4, 0.5) is 5.69 Å². The first-order valence-electron chi connectivity index (χ1n) is 8.85. The second-order valence-electron chi connectivity index (χ2n) is 6.20. The van der Waals surface area contributed by atoms with Gasteiger partial charge in [0.05, 0.1) is 17.3 Å². The van der Waals surface area contributed by atoms with Gasteiger partial charge in [-0.3, -0.25) is 9.59 Å². The van der Waals surface area contributed by atoms with Crippen molar-refractivity contribution in [1.29, 1.82) is 0 Å². The third kappa shape index (κ3) is 5.37. The number of halogens is 1. The normalized spacial score (nSPS) is 14.0. The Kier molecular flexibility index (Phi) is 6.54. The molecule has 1 saturated heterocycles. The lowest BCUT2D eigenvalue weighted by Crippen LogP contribution is -2.51. The summed E-state index contributed by atoms with van der Waals surface area (Å²) >= 11 is 6.23. The Morgan fingerprint density at radius 3 is 2.33 bits per heavy atom. The second-order valence-corrected chi connectivity index (χ2v) is 6.60. The molecule has 0 saturated carbocycles. The summed E-state index contributed by atoms with van der Waals surface area (Å²) in [7, 11) is 0. The predicted molar refractivity (Wildman–Crippen MR) is 105 cm³/mol. The third-order valence-electron chi connectivity index (χ3n) is 4.38. The van der Waals surface area contributed by atoms with Crippen LogP contribution in [-0.2, 0) is 9.59 Å². The van der Waals surface area contributed by atoms with E-state index in [0.29, 0.717) is 37.0 Å². The lowest BCUT2D eigenvalue weighted by molar-refractivity contribution is -0.133. The number of hydrogen-bond donors (Lipinski definition) is 1. The summed E-state index contributed by atoms with van der Waals surface area (Å²) < 4.78 is 5.36. The van der Waals surface area contributed by atoms with Gasteiger partial charge in [0.2, 0.25) is 5.91 Å². The molecular weight excluding hydrogens is 366 g/mol. The molecule has 2 amide bonds. The van der Waals surface area contributed by atoms with Crippen molar-refractivity contribution >= 4 is 29.1 Å². The standard InChI is InChI=1S/C20H22ClN3O3/c21-17-8-4-5-9-18(17)23-10-12-24(13-11-23)20(26)14-22-19(25)15-27-16-6-2-1-3-7-16/h1-9H,10-15H2,(H,22,25). The topological polar surface area (TPSA) is 61.9 Å². The molecule has 0 unspecified atom stereocenters. The molecule has 7 heteroatoms. The van der Waals surface area contributed by atoms with E-state index in [9.17, 15) is 9.59 Å². The molecule has 0 radical (unpaired) electrons. The number of carbonyl (C=O) groups excluding carboxylic acids is 2. The molecule has 1 aliphatic rings. The molecule has 6 nitrogen and oxygen atoms in total. The van der Waals surface area contributed by atoms with E-state index in [1.807, 2.05) is 42.5 Å². The van der Waals surface area contributed by atoms with E-state index >= 15 is 0 Å².